The number of hydrogen-bond donors (Lipinski definition) is 2. The second kappa shape index (κ2) is 12.8. The molecule has 2 aromatic carbocycles. The summed E-state index contributed by atoms with van der Waals surface area (Å²) < 4.78 is 1.43. The van der Waals surface area contributed by atoms with Crippen LogP contribution in [0.25, 0.3) is 21.8 Å². The Labute approximate surface area is 265 Å². The predicted molar refractivity (Wildman–Crippen MR) is 171 cm³/mol. The van der Waals surface area contributed by atoms with Gasteiger partial charge in [0.15, 0.2) is 0 Å². The van der Waals surface area contributed by atoms with Crippen LogP contribution in [0.15, 0.2) is 47.5 Å². The van der Waals surface area contributed by atoms with Crippen LogP contribution in [0.3, 0.4) is 0 Å². The molecule has 9 nitrogen and oxygen atoms in total. The molecule has 0 bridgehead atoms. The van der Waals surface area contributed by atoms with E-state index in [0.29, 0.717) is 73.2 Å². The van der Waals surface area contributed by atoms with E-state index in [9.17, 15) is 19.5 Å². The number of halogens is 2. The molecule has 1 fully saturated rings. The molecule has 0 atom stereocenters. The summed E-state index contributed by atoms with van der Waals surface area (Å²) >= 11 is 12.7. The fraction of sp³-hybridized carbons (Fsp3) is 0.424. The molecule has 44 heavy (non-hydrogen) atoms. The van der Waals surface area contributed by atoms with E-state index in [0.717, 1.165) is 52.9 Å². The lowest BCUT2D eigenvalue weighted by Gasteiger charge is -2.38. The van der Waals surface area contributed by atoms with E-state index in [1.807, 2.05) is 6.07 Å². The average Bonchev–Trinajstić information content (AvgIpc) is 3.02. The van der Waals surface area contributed by atoms with Crippen LogP contribution < -0.4 is 10.9 Å². The first-order valence-electron chi connectivity index (χ1n) is 15.2. The number of carbonyl (C=O) groups is 2. The van der Waals surface area contributed by atoms with Crippen molar-refractivity contribution in [2.75, 3.05) is 19.6 Å². The second-order valence-corrected chi connectivity index (χ2v) is 12.8. The standard InChI is InChI=1S/C33H35Cl2N5O4/c34-22-9-11-25-27(18-22)37-20-40(32(25)43)19-33(44)12-15-39(16-13-33)29(41)7-3-4-14-36-31(42)21-8-10-24-28(17-21)38-26-6-2-1-5-23(26)30(24)35/h8-11,17-18,20,44H,1-7,12-16,19H2,(H,36,42). The van der Waals surface area contributed by atoms with Crippen molar-refractivity contribution < 1.29 is 14.7 Å². The van der Waals surface area contributed by atoms with Gasteiger partial charge in [0.1, 0.15) is 0 Å². The van der Waals surface area contributed by atoms with Gasteiger partial charge in [-0.2, -0.15) is 0 Å². The molecule has 0 unspecified atom stereocenters. The number of benzene rings is 2. The van der Waals surface area contributed by atoms with Gasteiger partial charge in [0.25, 0.3) is 11.5 Å². The summed E-state index contributed by atoms with van der Waals surface area (Å²) in [5.74, 6) is -0.144. The van der Waals surface area contributed by atoms with E-state index in [2.05, 4.69) is 10.3 Å². The van der Waals surface area contributed by atoms with Gasteiger partial charge in [-0.05, 0) is 87.3 Å². The van der Waals surface area contributed by atoms with Crippen molar-refractivity contribution in [2.24, 2.45) is 0 Å². The van der Waals surface area contributed by atoms with Crippen molar-refractivity contribution in [1.29, 1.82) is 0 Å². The van der Waals surface area contributed by atoms with Crippen LogP contribution >= 0.6 is 23.2 Å². The Bertz CT molecular complexity index is 1800. The molecular formula is C33H35Cl2N5O4. The Morgan fingerprint density at radius 1 is 0.977 bits per heavy atom. The topological polar surface area (TPSA) is 117 Å². The number of nitrogens with zero attached hydrogens (tertiary/aromatic N) is 4. The lowest BCUT2D eigenvalue weighted by atomic mass is 9.91. The average molecular weight is 637 g/mol. The van der Waals surface area contributed by atoms with Crippen molar-refractivity contribution in [3.63, 3.8) is 0 Å². The molecule has 2 aromatic heterocycles. The van der Waals surface area contributed by atoms with Gasteiger partial charge in [-0.15, -0.1) is 0 Å². The van der Waals surface area contributed by atoms with Crippen LogP contribution in [0.4, 0.5) is 0 Å². The van der Waals surface area contributed by atoms with Gasteiger partial charge in [0, 0.05) is 47.7 Å². The number of aromatic nitrogens is 3. The van der Waals surface area contributed by atoms with Crippen LogP contribution in [-0.2, 0) is 24.2 Å². The summed E-state index contributed by atoms with van der Waals surface area (Å²) in [6, 6.07) is 10.4. The number of fused-ring (bicyclic) bond motifs is 3. The molecule has 1 saturated heterocycles. The first-order valence-corrected chi connectivity index (χ1v) is 16.0. The smallest absolute Gasteiger partial charge is 0.261 e. The third-order valence-electron chi connectivity index (χ3n) is 8.86. The first kappa shape index (κ1) is 30.5. The van der Waals surface area contributed by atoms with Crippen molar-refractivity contribution in [1.82, 2.24) is 24.8 Å². The Morgan fingerprint density at radius 2 is 1.75 bits per heavy atom. The van der Waals surface area contributed by atoms with Gasteiger partial charge in [-0.3, -0.25) is 23.9 Å². The number of piperidine rings is 1. The monoisotopic (exact) mass is 635 g/mol. The predicted octanol–water partition coefficient (Wildman–Crippen LogP) is 5.08. The lowest BCUT2D eigenvalue weighted by molar-refractivity contribution is -0.136. The Kier molecular flexibility index (Phi) is 8.89. The number of aliphatic hydroxyl groups is 1. The Balaban J connectivity index is 0.948. The SMILES string of the molecule is O=C(NCCCCC(=O)N1CCC(O)(Cn2cnc3cc(Cl)ccc3c2=O)CC1)c1ccc2c(Cl)c3c(nc2c1)CCCC3. The minimum absolute atomic E-state index is 0.0283. The number of aryl methyl sites for hydroxylation is 1. The minimum atomic E-state index is -1.10. The first-order chi connectivity index (χ1) is 21.2. The maximum Gasteiger partial charge on any atom is 0.261 e. The van der Waals surface area contributed by atoms with E-state index in [1.54, 1.807) is 35.2 Å². The largest absolute Gasteiger partial charge is 0.388 e. The maximum atomic E-state index is 12.9. The molecule has 11 heteroatoms. The van der Waals surface area contributed by atoms with Crippen LogP contribution in [-0.4, -0.2) is 61.6 Å². The van der Waals surface area contributed by atoms with Crippen molar-refractivity contribution >= 4 is 56.8 Å². The fourth-order valence-corrected chi connectivity index (χ4v) is 6.79. The maximum absolute atomic E-state index is 12.9. The number of hydrogen-bond acceptors (Lipinski definition) is 6. The van der Waals surface area contributed by atoms with Crippen LogP contribution in [0.5, 0.6) is 0 Å². The third-order valence-corrected chi connectivity index (χ3v) is 9.52. The molecule has 2 amide bonds. The van der Waals surface area contributed by atoms with Crippen LogP contribution in [0, 0.1) is 0 Å². The number of likely N-dealkylation sites (tertiary alicyclic amines) is 1. The van der Waals surface area contributed by atoms with Gasteiger partial charge >= 0.3 is 0 Å². The number of unbranched alkanes of at least 4 members (excludes halogenated alkanes) is 1. The fourth-order valence-electron chi connectivity index (χ4n) is 6.26. The summed E-state index contributed by atoms with van der Waals surface area (Å²) in [6.45, 7) is 1.41. The van der Waals surface area contributed by atoms with Crippen molar-refractivity contribution in [3.8, 4) is 0 Å². The number of carbonyl (C=O) groups excluding carboxylic acids is 2. The highest BCUT2D eigenvalue weighted by molar-refractivity contribution is 6.36. The molecule has 230 valence electrons. The molecule has 6 rings (SSSR count). The summed E-state index contributed by atoms with van der Waals surface area (Å²) in [6.07, 6.45) is 7.95. The zero-order valence-corrected chi connectivity index (χ0v) is 26.0. The number of pyridine rings is 1. The number of amides is 2. The highest BCUT2D eigenvalue weighted by atomic mass is 35.5. The van der Waals surface area contributed by atoms with E-state index in [4.69, 9.17) is 28.2 Å². The highest BCUT2D eigenvalue weighted by Gasteiger charge is 2.34. The molecule has 2 aliphatic rings. The molecule has 0 spiro atoms. The third kappa shape index (κ3) is 6.46. The van der Waals surface area contributed by atoms with Crippen LogP contribution in [0.1, 0.15) is 66.6 Å². The van der Waals surface area contributed by atoms with Gasteiger partial charge in [0.2, 0.25) is 5.91 Å². The number of nitrogens with one attached hydrogen (secondary N) is 1. The summed E-state index contributed by atoms with van der Waals surface area (Å²) in [4.78, 5) is 49.4. The molecular weight excluding hydrogens is 601 g/mol. The van der Waals surface area contributed by atoms with E-state index < -0.39 is 5.60 Å². The van der Waals surface area contributed by atoms with E-state index in [-0.39, 0.29) is 23.9 Å². The highest BCUT2D eigenvalue weighted by Crippen LogP contribution is 2.33. The molecule has 1 aliphatic carbocycles. The molecule has 3 heterocycles. The van der Waals surface area contributed by atoms with E-state index in [1.165, 1.54) is 10.9 Å². The molecule has 0 radical (unpaired) electrons. The van der Waals surface area contributed by atoms with Gasteiger partial charge < -0.3 is 15.3 Å². The molecule has 4 aromatic rings. The van der Waals surface area contributed by atoms with Crippen LogP contribution in [0.2, 0.25) is 10.0 Å². The zero-order chi connectivity index (χ0) is 30.8. The normalized spacial score (nSPS) is 16.2. The van der Waals surface area contributed by atoms with E-state index >= 15 is 0 Å². The summed E-state index contributed by atoms with van der Waals surface area (Å²) in [5, 5.41) is 16.7. The molecule has 1 aliphatic heterocycles. The summed E-state index contributed by atoms with van der Waals surface area (Å²) in [7, 11) is 0. The Hall–Kier alpha value is -3.53. The summed E-state index contributed by atoms with van der Waals surface area (Å²) in [5.41, 5.74) is 2.65. The lowest BCUT2D eigenvalue weighted by Crippen LogP contribution is -2.49. The number of rotatable bonds is 8. The zero-order valence-electron chi connectivity index (χ0n) is 24.5. The quantitative estimate of drug-likeness (QED) is 0.261. The van der Waals surface area contributed by atoms with Gasteiger partial charge in [0.05, 0.1) is 39.9 Å². The van der Waals surface area contributed by atoms with Gasteiger partial charge in [-0.1, -0.05) is 29.3 Å². The second-order valence-electron chi connectivity index (χ2n) is 11.9. The minimum Gasteiger partial charge on any atom is -0.388 e. The Morgan fingerprint density at radius 3 is 2.57 bits per heavy atom. The van der Waals surface area contributed by atoms with Crippen molar-refractivity contribution in [3.05, 3.63) is 79.9 Å². The molecule has 2 N–H and O–H groups in total. The van der Waals surface area contributed by atoms with Gasteiger partial charge in [-0.25, -0.2) is 4.98 Å². The van der Waals surface area contributed by atoms with Crippen molar-refractivity contribution in [2.45, 2.75) is 69.9 Å². The molecule has 0 saturated carbocycles.